The molecule has 2 unspecified atom stereocenters. The van der Waals surface area contributed by atoms with Gasteiger partial charge in [0.2, 0.25) is 23.4 Å². The van der Waals surface area contributed by atoms with Crippen molar-refractivity contribution in [3.63, 3.8) is 0 Å². The normalized spacial score (nSPS) is 12.0. The largest absolute Gasteiger partial charge is 0.443 e. The van der Waals surface area contributed by atoms with E-state index in [1.807, 2.05) is 62.4 Å². The monoisotopic (exact) mass is 896 g/mol. The maximum atomic E-state index is 13.0. The van der Waals surface area contributed by atoms with Crippen molar-refractivity contribution >= 4 is 59.2 Å². The van der Waals surface area contributed by atoms with Gasteiger partial charge in [0.1, 0.15) is 5.60 Å². The van der Waals surface area contributed by atoms with E-state index in [4.69, 9.17) is 4.74 Å². The third kappa shape index (κ3) is 14.2. The second-order valence-corrected chi connectivity index (χ2v) is 18.0. The Kier molecular flexibility index (Phi) is 18.3. The number of pyridine rings is 2. The molecule has 15 nitrogen and oxygen atoms in total. The maximum Gasteiger partial charge on any atom is 0.422 e. The third-order valence-electron chi connectivity index (χ3n) is 8.85. The van der Waals surface area contributed by atoms with Crippen LogP contribution in [0.15, 0.2) is 108 Å². The number of hydrogen-bond donors (Lipinski definition) is 2. The van der Waals surface area contributed by atoms with E-state index >= 15 is 0 Å². The quantitative estimate of drug-likeness (QED) is 0.0824. The first-order valence-corrected chi connectivity index (χ1v) is 22.3. The summed E-state index contributed by atoms with van der Waals surface area (Å²) in [6.45, 7) is 21.4. The number of benzene rings is 2. The standard InChI is InChI=1S/C24H29N5O3S.C20H21N5O2S.C2H6.2H2/c1-15(2)17-7-9-19(10-8-17)26-21(30)16(3)33-22-28-27-20(18-11-13-25-14-12-18)29(22)23(31)32-24(4,5)6;1-13(2)15-4-6-17(7-5-15)22-19(27)14(3)28-20-24-23-18(25(20)12-26)16-8-10-21-11-9-16;1-2;;/h7-16H,1-6H3,(H,26,30);4-14H,1-3H3,(H,22,27);1-2H3;2*1H. The van der Waals surface area contributed by atoms with Gasteiger partial charge in [-0.1, -0.05) is 89.3 Å². The molecular formula is C46H60N10O5S2. The van der Waals surface area contributed by atoms with Crippen LogP contribution >= 0.6 is 23.5 Å². The van der Waals surface area contributed by atoms with Gasteiger partial charge in [0.05, 0.1) is 10.5 Å². The van der Waals surface area contributed by atoms with Crippen molar-refractivity contribution in [2.75, 3.05) is 10.6 Å². The van der Waals surface area contributed by atoms with Crippen LogP contribution in [0.1, 0.15) is 102 Å². The van der Waals surface area contributed by atoms with E-state index in [1.54, 1.807) is 83.7 Å². The first kappa shape index (κ1) is 49.5. The first-order chi connectivity index (χ1) is 30.0. The van der Waals surface area contributed by atoms with Crippen molar-refractivity contribution in [3.8, 4) is 22.8 Å². The minimum Gasteiger partial charge on any atom is -0.443 e. The molecule has 0 saturated carbocycles. The maximum absolute atomic E-state index is 13.0. The van der Waals surface area contributed by atoms with Gasteiger partial charge >= 0.3 is 6.09 Å². The van der Waals surface area contributed by atoms with E-state index in [-0.39, 0.29) is 19.8 Å². The lowest BCUT2D eigenvalue weighted by molar-refractivity contribution is -0.116. The Hall–Kier alpha value is -6.20. The summed E-state index contributed by atoms with van der Waals surface area (Å²) < 4.78 is 8.20. The smallest absolute Gasteiger partial charge is 0.422 e. The molecule has 6 aromatic rings. The summed E-state index contributed by atoms with van der Waals surface area (Å²) in [7, 11) is 0. The molecule has 4 heterocycles. The van der Waals surface area contributed by atoms with Gasteiger partial charge in [-0.15, -0.1) is 20.4 Å². The molecule has 0 bridgehead atoms. The van der Waals surface area contributed by atoms with Crippen LogP contribution in [0.4, 0.5) is 16.2 Å². The molecule has 336 valence electrons. The second kappa shape index (κ2) is 23.3. The number of amides is 2. The molecule has 0 aliphatic heterocycles. The van der Waals surface area contributed by atoms with Gasteiger partial charge in [-0.3, -0.25) is 24.4 Å². The minimum absolute atomic E-state index is 0. The number of nitrogens with one attached hydrogen (secondary N) is 2. The molecule has 0 fully saturated rings. The summed E-state index contributed by atoms with van der Waals surface area (Å²) in [5.41, 5.74) is 4.54. The topological polar surface area (TPSA) is 189 Å². The molecular weight excluding hydrogens is 837 g/mol. The van der Waals surface area contributed by atoms with Crippen molar-refractivity contribution in [2.45, 2.75) is 114 Å². The Bertz CT molecular complexity index is 2410. The molecule has 2 N–H and O–H groups in total. The zero-order valence-corrected chi connectivity index (χ0v) is 39.2. The number of carbonyl (C=O) groups is 4. The molecule has 63 heavy (non-hydrogen) atoms. The average Bonchev–Trinajstić information content (AvgIpc) is 3.89. The van der Waals surface area contributed by atoms with Gasteiger partial charge in [-0.2, -0.15) is 0 Å². The summed E-state index contributed by atoms with van der Waals surface area (Å²) in [5.74, 6) is 1.21. The van der Waals surface area contributed by atoms with Crippen LogP contribution in [0.25, 0.3) is 22.8 Å². The number of nitrogens with zero attached hydrogens (tertiary/aromatic N) is 8. The highest BCUT2D eigenvalue weighted by molar-refractivity contribution is 8.00. The molecule has 2 aromatic carbocycles. The summed E-state index contributed by atoms with van der Waals surface area (Å²) in [6, 6.07) is 22.5. The highest BCUT2D eigenvalue weighted by atomic mass is 32.2. The van der Waals surface area contributed by atoms with Crippen molar-refractivity contribution in [2.24, 2.45) is 0 Å². The second-order valence-electron chi connectivity index (χ2n) is 15.4. The molecule has 6 rings (SSSR count). The summed E-state index contributed by atoms with van der Waals surface area (Å²) >= 11 is 2.31. The minimum atomic E-state index is -0.704. The van der Waals surface area contributed by atoms with Gasteiger partial charge in [0, 0.05) is 50.1 Å². The number of anilines is 2. The van der Waals surface area contributed by atoms with E-state index < -0.39 is 22.2 Å². The van der Waals surface area contributed by atoms with Crippen molar-refractivity contribution in [3.05, 3.63) is 109 Å². The zero-order valence-electron chi connectivity index (χ0n) is 37.6. The average molecular weight is 897 g/mol. The predicted octanol–water partition coefficient (Wildman–Crippen LogP) is 10.5. The fourth-order valence-corrected chi connectivity index (χ4v) is 7.12. The van der Waals surface area contributed by atoms with E-state index in [0.29, 0.717) is 46.3 Å². The lowest BCUT2D eigenvalue weighted by atomic mass is 10.0. The first-order valence-electron chi connectivity index (χ1n) is 20.6. The highest BCUT2D eigenvalue weighted by Crippen LogP contribution is 2.30. The SMILES string of the molecule is CC.CC(Sc1nnc(-c2ccncc2)n1C(=O)OC(C)(C)C)C(=O)Nc1ccc(C(C)C)cc1.CC(Sc1nnc(-c2ccncc2)n1C=O)C(=O)Nc1ccc(C(C)C)cc1.[HH].[HH]. The Balaban J connectivity index is 0.000000422. The van der Waals surface area contributed by atoms with Crippen molar-refractivity contribution < 1.29 is 26.8 Å². The Labute approximate surface area is 380 Å². The van der Waals surface area contributed by atoms with Gasteiger partial charge in [-0.05, 0) is 106 Å². The van der Waals surface area contributed by atoms with E-state index in [1.165, 1.54) is 32.0 Å². The summed E-state index contributed by atoms with van der Waals surface area (Å²) in [6.07, 6.45) is 6.49. The Morgan fingerprint density at radius 1 is 0.619 bits per heavy atom. The molecule has 17 heteroatoms. The molecule has 0 saturated heterocycles. The Morgan fingerprint density at radius 2 is 1.02 bits per heavy atom. The number of ether oxygens (including phenoxy) is 1. The lowest BCUT2D eigenvalue weighted by Gasteiger charge is -2.21. The van der Waals surface area contributed by atoms with Crippen molar-refractivity contribution in [1.82, 2.24) is 39.5 Å². The van der Waals surface area contributed by atoms with Crippen LogP contribution in [0.3, 0.4) is 0 Å². The van der Waals surface area contributed by atoms with Crippen LogP contribution in [0.2, 0.25) is 0 Å². The molecule has 0 aliphatic rings. The van der Waals surface area contributed by atoms with Crippen LogP contribution in [-0.4, -0.2) is 79.9 Å². The van der Waals surface area contributed by atoms with Crippen LogP contribution in [0, 0.1) is 0 Å². The molecule has 0 spiro atoms. The highest BCUT2D eigenvalue weighted by Gasteiger charge is 2.28. The summed E-state index contributed by atoms with van der Waals surface area (Å²) in [5, 5.41) is 22.0. The number of hydrogen-bond acceptors (Lipinski definition) is 13. The number of aromatic nitrogens is 8. The lowest BCUT2D eigenvalue weighted by Crippen LogP contribution is -2.29. The number of carbonyl (C=O) groups excluding carboxylic acids is 4. The molecule has 2 atom stereocenters. The van der Waals surface area contributed by atoms with Crippen molar-refractivity contribution in [1.29, 1.82) is 0 Å². The zero-order chi connectivity index (χ0) is 46.3. The van der Waals surface area contributed by atoms with E-state index in [2.05, 4.69) is 68.7 Å². The van der Waals surface area contributed by atoms with Gasteiger partial charge < -0.3 is 15.4 Å². The fraction of sp³-hybridized carbons (Fsp3) is 0.348. The predicted molar refractivity (Wildman–Crippen MR) is 255 cm³/mol. The van der Waals surface area contributed by atoms with Crippen LogP contribution < -0.4 is 10.6 Å². The third-order valence-corrected chi connectivity index (χ3v) is 10.9. The Morgan fingerprint density at radius 3 is 1.43 bits per heavy atom. The van der Waals surface area contributed by atoms with E-state index in [0.717, 1.165) is 23.0 Å². The van der Waals surface area contributed by atoms with E-state index in [9.17, 15) is 19.2 Å². The van der Waals surface area contributed by atoms with Gasteiger partial charge in [0.15, 0.2) is 16.8 Å². The van der Waals surface area contributed by atoms with Gasteiger partial charge in [-0.25, -0.2) is 13.9 Å². The number of rotatable bonds is 13. The van der Waals surface area contributed by atoms with Crippen LogP contribution in [0.5, 0.6) is 0 Å². The van der Waals surface area contributed by atoms with Crippen LogP contribution in [-0.2, 0) is 19.1 Å². The number of thioether (sulfide) groups is 2. The molecule has 2 amide bonds. The molecule has 0 aliphatic carbocycles. The fourth-order valence-electron chi connectivity index (χ4n) is 5.47. The molecule has 0 radical (unpaired) electrons. The van der Waals surface area contributed by atoms with Gasteiger partial charge in [0.25, 0.3) is 0 Å². The molecule has 4 aromatic heterocycles. The summed E-state index contributed by atoms with van der Waals surface area (Å²) in [4.78, 5) is 57.9.